The second-order valence-corrected chi connectivity index (χ2v) is 8.52. The molecule has 1 aromatic rings. The van der Waals surface area contributed by atoms with Gasteiger partial charge in [0.15, 0.2) is 15.9 Å². The van der Waals surface area contributed by atoms with Crippen LogP contribution in [0.25, 0.3) is 0 Å². The molecule has 8 nitrogen and oxygen atoms in total. The van der Waals surface area contributed by atoms with Crippen molar-refractivity contribution in [2.45, 2.75) is 39.0 Å². The molecule has 1 amide bonds. The van der Waals surface area contributed by atoms with E-state index in [1.165, 1.54) is 11.5 Å². The fourth-order valence-electron chi connectivity index (χ4n) is 2.24. The quantitative estimate of drug-likeness (QED) is 0.704. The van der Waals surface area contributed by atoms with Crippen molar-refractivity contribution in [2.75, 3.05) is 11.5 Å². The summed E-state index contributed by atoms with van der Waals surface area (Å²) in [6.07, 6.45) is -0.696. The minimum Gasteiger partial charge on any atom is -0.451 e. The van der Waals surface area contributed by atoms with E-state index in [4.69, 9.17) is 4.74 Å². The predicted octanol–water partition coefficient (Wildman–Crippen LogP) is -0.547. The maximum atomic E-state index is 11.9. The van der Waals surface area contributed by atoms with Crippen molar-refractivity contribution in [2.24, 2.45) is 0 Å². The number of thiazole rings is 1. The number of carbonyl (C=O) groups excluding carboxylic acids is 2. The van der Waals surface area contributed by atoms with Gasteiger partial charge < -0.3 is 10.1 Å². The number of aromatic nitrogens is 1. The molecule has 2 heterocycles. The van der Waals surface area contributed by atoms with Crippen LogP contribution in [0.4, 0.5) is 0 Å². The first kappa shape index (κ1) is 17.7. The summed E-state index contributed by atoms with van der Waals surface area (Å²) in [5.74, 6) is -1.29. The normalized spacial score (nSPS) is 20.9. The van der Waals surface area contributed by atoms with Gasteiger partial charge >= 0.3 is 10.8 Å². The third-order valence-electron chi connectivity index (χ3n) is 3.52. The summed E-state index contributed by atoms with van der Waals surface area (Å²) in [5.41, 5.74) is 0.644. The topological polar surface area (TPSA) is 112 Å². The van der Waals surface area contributed by atoms with Gasteiger partial charge in [0.1, 0.15) is 6.54 Å². The predicted molar refractivity (Wildman–Crippen MR) is 84.1 cm³/mol. The van der Waals surface area contributed by atoms with Gasteiger partial charge in [0, 0.05) is 17.1 Å². The van der Waals surface area contributed by atoms with Crippen LogP contribution in [0.3, 0.4) is 0 Å². The van der Waals surface area contributed by atoms with Crippen LogP contribution in [0.2, 0.25) is 0 Å². The number of hydrogen-bond acceptors (Lipinski definition) is 7. The van der Waals surface area contributed by atoms with Crippen molar-refractivity contribution in [3.63, 3.8) is 0 Å². The van der Waals surface area contributed by atoms with Crippen molar-refractivity contribution in [3.8, 4) is 0 Å². The molecule has 1 saturated heterocycles. The molecule has 0 unspecified atom stereocenters. The number of aryl methyl sites for hydroxylation is 1. The van der Waals surface area contributed by atoms with Crippen LogP contribution in [0.15, 0.2) is 10.2 Å². The van der Waals surface area contributed by atoms with Gasteiger partial charge in [0.2, 0.25) is 0 Å². The highest BCUT2D eigenvalue weighted by molar-refractivity contribution is 7.91. The molecule has 1 aromatic heterocycles. The molecule has 2 atom stereocenters. The highest BCUT2D eigenvalue weighted by Crippen LogP contribution is 2.11. The Balaban J connectivity index is 1.86. The van der Waals surface area contributed by atoms with Gasteiger partial charge in [0.05, 0.1) is 11.5 Å². The van der Waals surface area contributed by atoms with E-state index in [9.17, 15) is 22.8 Å². The highest BCUT2D eigenvalue weighted by Gasteiger charge is 2.30. The Morgan fingerprint density at radius 2 is 2.22 bits per heavy atom. The molecule has 0 aliphatic carbocycles. The number of sulfone groups is 1. The van der Waals surface area contributed by atoms with Crippen molar-refractivity contribution in [1.82, 2.24) is 9.88 Å². The first-order valence-electron chi connectivity index (χ1n) is 7.03. The van der Waals surface area contributed by atoms with Gasteiger partial charge in [-0.3, -0.25) is 19.0 Å². The molecule has 10 heteroatoms. The number of nitrogens with zero attached hydrogens (tertiary/aromatic N) is 1. The summed E-state index contributed by atoms with van der Waals surface area (Å²) in [6.45, 7) is 2.84. The molecular formula is C13H18N2O6S2. The van der Waals surface area contributed by atoms with Crippen LogP contribution in [-0.4, -0.2) is 48.5 Å². The molecule has 0 aromatic carbocycles. The number of esters is 1. The van der Waals surface area contributed by atoms with Crippen LogP contribution >= 0.6 is 11.3 Å². The van der Waals surface area contributed by atoms with E-state index >= 15 is 0 Å². The highest BCUT2D eigenvalue weighted by atomic mass is 32.2. The zero-order valence-corrected chi connectivity index (χ0v) is 14.4. The monoisotopic (exact) mass is 362 g/mol. The van der Waals surface area contributed by atoms with Crippen LogP contribution in [-0.2, 0) is 30.7 Å². The lowest BCUT2D eigenvalue weighted by Crippen LogP contribution is -2.43. The number of amides is 1. The molecule has 1 N–H and O–H groups in total. The zero-order chi connectivity index (χ0) is 17.2. The fraction of sp³-hybridized carbons (Fsp3) is 0.615. The maximum Gasteiger partial charge on any atom is 0.326 e. The third kappa shape index (κ3) is 4.64. The summed E-state index contributed by atoms with van der Waals surface area (Å²) in [7, 11) is -3.09. The van der Waals surface area contributed by atoms with Crippen LogP contribution in [0, 0.1) is 6.92 Å². The molecule has 1 aliphatic rings. The Morgan fingerprint density at radius 1 is 1.52 bits per heavy atom. The molecule has 0 bridgehead atoms. The van der Waals surface area contributed by atoms with Crippen LogP contribution in [0.5, 0.6) is 0 Å². The van der Waals surface area contributed by atoms with E-state index in [2.05, 4.69) is 5.32 Å². The lowest BCUT2D eigenvalue weighted by molar-refractivity contribution is -0.155. The summed E-state index contributed by atoms with van der Waals surface area (Å²) in [5, 5.41) is 4.19. The van der Waals surface area contributed by atoms with Gasteiger partial charge in [-0.25, -0.2) is 8.42 Å². The third-order valence-corrected chi connectivity index (χ3v) is 6.17. The molecule has 1 aliphatic heterocycles. The van der Waals surface area contributed by atoms with Crippen molar-refractivity contribution >= 4 is 33.1 Å². The second-order valence-electron chi connectivity index (χ2n) is 5.47. The molecule has 2 rings (SSSR count). The number of carbonyl (C=O) groups is 2. The van der Waals surface area contributed by atoms with E-state index in [-0.39, 0.29) is 22.9 Å². The standard InChI is InChI=1S/C13H18N2O6S2/c1-8-6-22-13(18)15(8)5-11(16)21-9(2)12(17)14-10-3-4-23(19,20)7-10/h6,9-10H,3-5,7H2,1-2H3,(H,14,17)/t9-,10-/m0/s1. The molecule has 23 heavy (non-hydrogen) atoms. The van der Waals surface area contributed by atoms with Gasteiger partial charge in [-0.05, 0) is 20.3 Å². The molecule has 0 spiro atoms. The Kier molecular flexibility index (Phi) is 5.25. The van der Waals surface area contributed by atoms with Crippen molar-refractivity contribution in [3.05, 3.63) is 20.7 Å². The molecule has 0 radical (unpaired) electrons. The summed E-state index contributed by atoms with van der Waals surface area (Å²) in [6, 6.07) is -0.449. The van der Waals surface area contributed by atoms with Crippen molar-refractivity contribution in [1.29, 1.82) is 0 Å². The summed E-state index contributed by atoms with van der Waals surface area (Å²) >= 11 is 0.983. The molecule has 1 fully saturated rings. The van der Waals surface area contributed by atoms with Gasteiger partial charge in [-0.2, -0.15) is 0 Å². The van der Waals surface area contributed by atoms with E-state index < -0.39 is 33.9 Å². The van der Waals surface area contributed by atoms with Gasteiger partial charge in [-0.15, -0.1) is 0 Å². The van der Waals surface area contributed by atoms with E-state index in [1.54, 1.807) is 12.3 Å². The minimum absolute atomic E-state index is 0.0481. The smallest absolute Gasteiger partial charge is 0.326 e. The second kappa shape index (κ2) is 6.83. The molecule has 0 saturated carbocycles. The fourth-order valence-corrected chi connectivity index (χ4v) is 4.65. The summed E-state index contributed by atoms with van der Waals surface area (Å²) in [4.78, 5) is 35.0. The largest absolute Gasteiger partial charge is 0.451 e. The average molecular weight is 362 g/mol. The van der Waals surface area contributed by atoms with Crippen molar-refractivity contribution < 1.29 is 22.7 Å². The van der Waals surface area contributed by atoms with E-state index in [1.807, 2.05) is 0 Å². The lowest BCUT2D eigenvalue weighted by atomic mass is 10.2. The average Bonchev–Trinajstić information content (AvgIpc) is 2.94. The number of rotatable bonds is 5. The van der Waals surface area contributed by atoms with E-state index in [0.717, 1.165) is 11.3 Å². The number of hydrogen-bond donors (Lipinski definition) is 1. The Hall–Kier alpha value is -1.68. The molecular weight excluding hydrogens is 344 g/mol. The first-order chi connectivity index (χ1) is 10.7. The lowest BCUT2D eigenvalue weighted by Gasteiger charge is -2.16. The number of ether oxygens (including phenoxy) is 1. The number of nitrogens with one attached hydrogen (secondary N) is 1. The first-order valence-corrected chi connectivity index (χ1v) is 9.73. The Morgan fingerprint density at radius 3 is 2.74 bits per heavy atom. The zero-order valence-electron chi connectivity index (χ0n) is 12.8. The van der Waals surface area contributed by atoms with Gasteiger partial charge in [-0.1, -0.05) is 11.3 Å². The SMILES string of the molecule is Cc1csc(=O)n1CC(=O)O[C@@H](C)C(=O)N[C@H]1CCS(=O)(=O)C1. The minimum atomic E-state index is -3.09. The molecule has 128 valence electrons. The van der Waals surface area contributed by atoms with E-state index in [0.29, 0.717) is 12.1 Å². The van der Waals surface area contributed by atoms with Gasteiger partial charge in [0.25, 0.3) is 5.91 Å². The van der Waals surface area contributed by atoms with Crippen LogP contribution in [0.1, 0.15) is 19.0 Å². The van der Waals surface area contributed by atoms with Crippen LogP contribution < -0.4 is 10.2 Å². The summed E-state index contributed by atoms with van der Waals surface area (Å²) < 4.78 is 29.0. The Labute approximate surface area is 137 Å². The maximum absolute atomic E-state index is 11.9. The Bertz CT molecular complexity index is 764.